The van der Waals surface area contributed by atoms with Gasteiger partial charge in [-0.1, -0.05) is 11.6 Å². The molecule has 2 N–H and O–H groups in total. The number of anilines is 1. The molecule has 0 aromatic carbocycles. The van der Waals surface area contributed by atoms with Gasteiger partial charge in [-0.3, -0.25) is 0 Å². The van der Waals surface area contributed by atoms with Gasteiger partial charge < -0.3 is 4.42 Å². The molecule has 0 bridgehead atoms. The summed E-state index contributed by atoms with van der Waals surface area (Å²) in [5, 5.41) is 8.62. The highest BCUT2D eigenvalue weighted by molar-refractivity contribution is 9.10. The number of hydrogen-bond acceptors (Lipinski definition) is 3. The number of aryl methyl sites for hydroxylation is 2. The van der Waals surface area contributed by atoms with Crippen LogP contribution in [0.2, 0.25) is 5.02 Å². The molecule has 0 spiro atoms. The molecule has 3 rings (SSSR count). The molecule has 0 fully saturated rings. The smallest absolute Gasteiger partial charge is 0.274 e. The van der Waals surface area contributed by atoms with Crippen LogP contribution in [-0.2, 0) is 0 Å². The van der Waals surface area contributed by atoms with Crippen molar-refractivity contribution in [1.82, 2.24) is 9.78 Å². The zero-order valence-corrected chi connectivity index (χ0v) is 15.4. The van der Waals surface area contributed by atoms with Crippen LogP contribution in [0.3, 0.4) is 0 Å². The van der Waals surface area contributed by atoms with Gasteiger partial charge in [-0.25, -0.2) is 15.0 Å². The number of H-pyrrole nitrogens is 1. The van der Waals surface area contributed by atoms with Crippen molar-refractivity contribution >= 4 is 33.3 Å². The van der Waals surface area contributed by atoms with Crippen molar-refractivity contribution in [2.75, 3.05) is 5.32 Å². The Hall–Kier alpha value is -1.79. The average molecular weight is 397 g/mol. The fourth-order valence-corrected chi connectivity index (χ4v) is 2.76. The minimum Gasteiger partial charge on any atom is -0.460 e. The second kappa shape index (κ2) is 6.37. The first-order chi connectivity index (χ1) is 11.0. The van der Waals surface area contributed by atoms with Gasteiger partial charge in [0.15, 0.2) is 5.76 Å². The van der Waals surface area contributed by atoms with Crippen molar-refractivity contribution < 1.29 is 9.40 Å². The molecule has 1 atom stereocenters. The molecule has 0 amide bonds. The van der Waals surface area contributed by atoms with Gasteiger partial charge in [-0.2, -0.15) is 5.10 Å². The Bertz CT molecular complexity index is 825. The molecule has 3 aromatic heterocycles. The van der Waals surface area contributed by atoms with Crippen LogP contribution < -0.4 is 10.3 Å². The van der Waals surface area contributed by atoms with E-state index < -0.39 is 0 Å². The quantitative estimate of drug-likeness (QED) is 0.715. The molecule has 3 aromatic rings. The maximum Gasteiger partial charge on any atom is 0.274 e. The van der Waals surface area contributed by atoms with Crippen LogP contribution in [0.25, 0.3) is 0 Å². The highest BCUT2D eigenvalue weighted by Gasteiger charge is 2.26. The second-order valence-corrected chi connectivity index (χ2v) is 6.64. The summed E-state index contributed by atoms with van der Waals surface area (Å²) in [6, 6.07) is 7.77. The van der Waals surface area contributed by atoms with Crippen LogP contribution in [0.4, 0.5) is 5.82 Å². The number of hydrogen-bond donors (Lipinski definition) is 1. The van der Waals surface area contributed by atoms with Crippen molar-refractivity contribution in [1.29, 1.82) is 0 Å². The van der Waals surface area contributed by atoms with Gasteiger partial charge >= 0.3 is 0 Å². The Morgan fingerprint density at radius 1 is 1.26 bits per heavy atom. The largest absolute Gasteiger partial charge is 0.460 e. The van der Waals surface area contributed by atoms with Crippen LogP contribution in [0.5, 0.6) is 0 Å². The number of aromatic amines is 1. The Morgan fingerprint density at radius 2 is 2.04 bits per heavy atom. The lowest BCUT2D eigenvalue weighted by Crippen LogP contribution is -2.25. The third-order valence-electron chi connectivity index (χ3n) is 3.58. The molecule has 0 aliphatic heterocycles. The minimum absolute atomic E-state index is 0.299. The highest BCUT2D eigenvalue weighted by atomic mass is 79.9. The molecule has 7 heteroatoms. The summed E-state index contributed by atoms with van der Waals surface area (Å²) in [5.41, 5.74) is 1.67. The van der Waals surface area contributed by atoms with Gasteiger partial charge in [-0.15, -0.1) is 0 Å². The first-order valence-electron chi connectivity index (χ1n) is 7.17. The number of pyridine rings is 1. The molecule has 23 heavy (non-hydrogen) atoms. The predicted molar refractivity (Wildman–Crippen MR) is 92.6 cm³/mol. The van der Waals surface area contributed by atoms with E-state index in [4.69, 9.17) is 16.0 Å². The van der Waals surface area contributed by atoms with Gasteiger partial charge in [0.2, 0.25) is 6.17 Å². The fourth-order valence-electron chi connectivity index (χ4n) is 2.39. The van der Waals surface area contributed by atoms with Crippen molar-refractivity contribution in [3.63, 3.8) is 0 Å². The van der Waals surface area contributed by atoms with Crippen LogP contribution in [-0.4, -0.2) is 9.78 Å². The highest BCUT2D eigenvalue weighted by Crippen LogP contribution is 2.27. The third-order valence-corrected chi connectivity index (χ3v) is 4.62. The van der Waals surface area contributed by atoms with E-state index in [1.807, 2.05) is 55.9 Å². The van der Waals surface area contributed by atoms with Crippen LogP contribution in [0.1, 0.15) is 29.1 Å². The molecule has 3 heterocycles. The molecule has 5 nitrogen and oxygen atoms in total. The van der Waals surface area contributed by atoms with E-state index >= 15 is 0 Å². The summed E-state index contributed by atoms with van der Waals surface area (Å²) in [7, 11) is 0. The molecule has 0 aliphatic rings. The maximum absolute atomic E-state index is 6.30. The summed E-state index contributed by atoms with van der Waals surface area (Å²) < 4.78 is 8.62. The van der Waals surface area contributed by atoms with Crippen molar-refractivity contribution in [2.24, 2.45) is 0 Å². The van der Waals surface area contributed by atoms with Crippen molar-refractivity contribution in [3.8, 4) is 0 Å². The standard InChI is InChI=1S/C16H16BrClN4O/c1-9-4-6-13(23-9)16(20-14-7-5-12(17)8-19-14)22-11(3)15(18)10(2)21-22/h4-8,16H,1-3H3,(H,19,20)/p+1/t16-/m0/s1. The number of aromatic nitrogens is 3. The van der Waals surface area contributed by atoms with E-state index in [9.17, 15) is 0 Å². The van der Waals surface area contributed by atoms with Crippen LogP contribution >= 0.6 is 27.5 Å². The van der Waals surface area contributed by atoms with E-state index in [0.29, 0.717) is 5.02 Å². The van der Waals surface area contributed by atoms with Gasteiger partial charge in [-0.05, 0) is 54.9 Å². The fraction of sp³-hybridized carbons (Fsp3) is 0.250. The maximum atomic E-state index is 6.30. The summed E-state index contributed by atoms with van der Waals surface area (Å²) in [5.74, 6) is 2.45. The van der Waals surface area contributed by atoms with E-state index in [2.05, 4.69) is 31.3 Å². The summed E-state index contributed by atoms with van der Waals surface area (Å²) in [4.78, 5) is 3.18. The Morgan fingerprint density at radius 3 is 2.57 bits per heavy atom. The molecule has 0 saturated carbocycles. The molecule has 0 saturated heterocycles. The van der Waals surface area contributed by atoms with E-state index in [1.165, 1.54) is 0 Å². The normalized spacial score (nSPS) is 12.4. The van der Waals surface area contributed by atoms with Crippen molar-refractivity contribution in [3.05, 3.63) is 62.9 Å². The number of rotatable bonds is 4. The Balaban J connectivity index is 2.03. The van der Waals surface area contributed by atoms with E-state index in [-0.39, 0.29) is 6.17 Å². The summed E-state index contributed by atoms with van der Waals surface area (Å²) in [6.45, 7) is 5.75. The zero-order valence-electron chi connectivity index (χ0n) is 13.0. The Kier molecular flexibility index (Phi) is 4.46. The first kappa shape index (κ1) is 16.1. The second-order valence-electron chi connectivity index (χ2n) is 5.35. The van der Waals surface area contributed by atoms with Crippen LogP contribution in [0, 0.1) is 20.8 Å². The first-order valence-corrected chi connectivity index (χ1v) is 8.34. The van der Waals surface area contributed by atoms with Crippen LogP contribution in [0.15, 0.2) is 39.4 Å². The average Bonchev–Trinajstić information content (AvgIpc) is 3.06. The number of halogens is 2. The molecule has 0 radical (unpaired) electrons. The minimum atomic E-state index is -0.299. The lowest BCUT2D eigenvalue weighted by atomic mass is 10.3. The lowest BCUT2D eigenvalue weighted by Gasteiger charge is -2.14. The number of furan rings is 1. The SMILES string of the molecule is Cc1ccc([C@@H](Nc2ccc(Br)c[nH+]2)n2nc(C)c(Cl)c2C)o1. The summed E-state index contributed by atoms with van der Waals surface area (Å²) in [6.07, 6.45) is 1.56. The topological polar surface area (TPSA) is 57.1 Å². The van der Waals surface area contributed by atoms with Gasteiger partial charge in [0.25, 0.3) is 5.82 Å². The molecule has 0 unspecified atom stereocenters. The van der Waals surface area contributed by atoms with Crippen molar-refractivity contribution in [2.45, 2.75) is 26.9 Å². The lowest BCUT2D eigenvalue weighted by molar-refractivity contribution is -0.362. The monoisotopic (exact) mass is 395 g/mol. The van der Waals surface area contributed by atoms with E-state index in [1.54, 1.807) is 0 Å². The summed E-state index contributed by atoms with van der Waals surface area (Å²) >= 11 is 9.72. The molecule has 120 valence electrons. The van der Waals surface area contributed by atoms with Gasteiger partial charge in [0, 0.05) is 6.07 Å². The Labute approximate surface area is 147 Å². The van der Waals surface area contributed by atoms with Gasteiger partial charge in [0.1, 0.15) is 12.0 Å². The third kappa shape index (κ3) is 3.28. The molecular weight excluding hydrogens is 380 g/mol. The predicted octanol–water partition coefficient (Wildman–Crippen LogP) is 4.29. The molecular formula is C16H17BrClN4O+. The molecule has 0 aliphatic carbocycles. The van der Waals surface area contributed by atoms with E-state index in [0.717, 1.165) is 33.2 Å². The van der Waals surface area contributed by atoms with Gasteiger partial charge in [0.05, 0.1) is 20.9 Å². The number of nitrogens with zero attached hydrogens (tertiary/aromatic N) is 2. The number of nitrogens with one attached hydrogen (secondary N) is 2. The zero-order chi connectivity index (χ0) is 16.6.